The average molecular weight is 355 g/mol. The molecule has 2 aromatic heterocycles. The van der Waals surface area contributed by atoms with Gasteiger partial charge in [0.1, 0.15) is 11.4 Å². The lowest BCUT2D eigenvalue weighted by Crippen LogP contribution is -2.19. The number of aromatic hydroxyl groups is 1. The zero-order valence-electron chi connectivity index (χ0n) is 14.2. The number of nitro groups is 1. The molecule has 0 bridgehead atoms. The maximum atomic E-state index is 12.7. The molecule has 26 heavy (non-hydrogen) atoms. The molecule has 0 saturated heterocycles. The third kappa shape index (κ3) is 3.33. The van der Waals surface area contributed by atoms with Crippen molar-refractivity contribution in [3.8, 4) is 5.75 Å². The highest BCUT2D eigenvalue weighted by Gasteiger charge is 2.21. The number of fused-ring (bicyclic) bond motifs is 1. The number of rotatable bonds is 5. The summed E-state index contributed by atoms with van der Waals surface area (Å²) < 4.78 is 1.81. The molecule has 134 valence electrons. The van der Waals surface area contributed by atoms with Crippen molar-refractivity contribution in [3.63, 3.8) is 0 Å². The van der Waals surface area contributed by atoms with Crippen molar-refractivity contribution in [1.29, 1.82) is 0 Å². The number of phenols is 1. The summed E-state index contributed by atoms with van der Waals surface area (Å²) in [6.07, 6.45) is 1.81. The smallest absolute Gasteiger partial charge is 0.276 e. The van der Waals surface area contributed by atoms with Crippen LogP contribution in [-0.4, -0.2) is 44.3 Å². The Kier molecular flexibility index (Phi) is 4.55. The predicted molar refractivity (Wildman–Crippen MR) is 95.3 cm³/mol. The Bertz CT molecular complexity index is 996. The van der Waals surface area contributed by atoms with Crippen LogP contribution >= 0.6 is 0 Å². The first-order valence-electron chi connectivity index (χ1n) is 7.76. The van der Waals surface area contributed by atoms with E-state index in [-0.39, 0.29) is 22.8 Å². The van der Waals surface area contributed by atoms with Crippen LogP contribution in [0.4, 0.5) is 11.4 Å². The molecule has 1 amide bonds. The number of hydrogen-bond donors (Lipinski definition) is 2. The molecular weight excluding hydrogens is 338 g/mol. The summed E-state index contributed by atoms with van der Waals surface area (Å²) in [7, 11) is 3.74. The van der Waals surface area contributed by atoms with Crippen LogP contribution < -0.4 is 5.32 Å². The number of amides is 1. The topological polar surface area (TPSA) is 113 Å². The number of benzene rings is 1. The molecule has 3 aromatic rings. The fourth-order valence-electron chi connectivity index (χ4n) is 2.60. The monoisotopic (exact) mass is 355 g/mol. The van der Waals surface area contributed by atoms with Crippen LogP contribution in [0.15, 0.2) is 42.6 Å². The van der Waals surface area contributed by atoms with Gasteiger partial charge in [-0.1, -0.05) is 6.07 Å². The van der Waals surface area contributed by atoms with Crippen molar-refractivity contribution < 1.29 is 14.8 Å². The molecule has 0 radical (unpaired) electrons. The van der Waals surface area contributed by atoms with Gasteiger partial charge in [-0.3, -0.25) is 14.9 Å². The van der Waals surface area contributed by atoms with E-state index in [2.05, 4.69) is 10.3 Å². The summed E-state index contributed by atoms with van der Waals surface area (Å²) in [5, 5.41) is 23.3. The molecule has 0 spiro atoms. The normalized spacial score (nSPS) is 11.0. The molecule has 0 atom stereocenters. The minimum Gasteiger partial charge on any atom is -0.506 e. The SMILES string of the molecule is CN(C)Cc1c(C(=O)Nc2cc([N+](=O)[O-])ccc2O)nc2ccccn12. The molecule has 2 heterocycles. The summed E-state index contributed by atoms with van der Waals surface area (Å²) in [4.78, 5) is 29.3. The van der Waals surface area contributed by atoms with Gasteiger partial charge in [0.15, 0.2) is 5.69 Å². The minimum atomic E-state index is -0.600. The standard InChI is InChI=1S/C17H17N5O4/c1-20(2)10-13-16(19-15-5-3-4-8-21(13)15)17(24)18-12-9-11(22(25)26)6-7-14(12)23/h3-9,23H,10H2,1-2H3,(H,18,24). The Morgan fingerprint density at radius 3 is 2.81 bits per heavy atom. The Labute approximate surface area is 148 Å². The van der Waals surface area contributed by atoms with Crippen LogP contribution in [0, 0.1) is 10.1 Å². The van der Waals surface area contributed by atoms with Gasteiger partial charge in [-0.05, 0) is 32.3 Å². The lowest BCUT2D eigenvalue weighted by Gasteiger charge is -2.11. The third-order valence-electron chi connectivity index (χ3n) is 3.75. The second-order valence-corrected chi connectivity index (χ2v) is 5.99. The van der Waals surface area contributed by atoms with Gasteiger partial charge in [0, 0.05) is 24.9 Å². The molecule has 9 nitrogen and oxygen atoms in total. The first-order chi connectivity index (χ1) is 12.4. The Balaban J connectivity index is 2.00. The maximum absolute atomic E-state index is 12.7. The molecule has 3 rings (SSSR count). The number of carbonyl (C=O) groups excluding carboxylic acids is 1. The number of nitro benzene ring substituents is 1. The third-order valence-corrected chi connectivity index (χ3v) is 3.75. The van der Waals surface area contributed by atoms with Crippen LogP contribution in [0.5, 0.6) is 5.75 Å². The lowest BCUT2D eigenvalue weighted by molar-refractivity contribution is -0.384. The van der Waals surface area contributed by atoms with E-state index in [1.54, 1.807) is 6.07 Å². The number of nitrogens with one attached hydrogen (secondary N) is 1. The fraction of sp³-hybridized carbons (Fsp3) is 0.176. The van der Waals surface area contributed by atoms with Gasteiger partial charge in [-0.25, -0.2) is 4.98 Å². The molecule has 0 fully saturated rings. The Morgan fingerprint density at radius 1 is 1.35 bits per heavy atom. The van der Waals surface area contributed by atoms with Crippen molar-refractivity contribution >= 4 is 22.9 Å². The molecule has 0 aliphatic carbocycles. The number of nitrogens with zero attached hydrogens (tertiary/aromatic N) is 4. The minimum absolute atomic E-state index is 0.0444. The summed E-state index contributed by atoms with van der Waals surface area (Å²) in [5.41, 5.74) is 1.19. The summed E-state index contributed by atoms with van der Waals surface area (Å²) in [5.74, 6) is -0.816. The summed E-state index contributed by atoms with van der Waals surface area (Å²) in [6, 6.07) is 8.86. The van der Waals surface area contributed by atoms with Crippen LogP contribution in [0.2, 0.25) is 0 Å². The quantitative estimate of drug-likeness (QED) is 0.412. The van der Waals surface area contributed by atoms with Crippen LogP contribution in [0.25, 0.3) is 5.65 Å². The predicted octanol–water partition coefficient (Wildman–Crippen LogP) is 2.26. The van der Waals surface area contributed by atoms with Gasteiger partial charge in [-0.2, -0.15) is 0 Å². The van der Waals surface area contributed by atoms with Crippen molar-refractivity contribution in [2.24, 2.45) is 0 Å². The van der Waals surface area contributed by atoms with Gasteiger partial charge >= 0.3 is 0 Å². The van der Waals surface area contributed by atoms with Gasteiger partial charge < -0.3 is 19.7 Å². The number of non-ortho nitro benzene ring substituents is 1. The molecule has 0 aliphatic heterocycles. The zero-order chi connectivity index (χ0) is 18.8. The number of hydrogen-bond acceptors (Lipinski definition) is 6. The molecular formula is C17H17N5O4. The Hall–Kier alpha value is -3.46. The van der Waals surface area contributed by atoms with E-state index >= 15 is 0 Å². The van der Waals surface area contributed by atoms with Gasteiger partial charge in [0.25, 0.3) is 11.6 Å². The second kappa shape index (κ2) is 6.81. The fourth-order valence-corrected chi connectivity index (χ4v) is 2.60. The van der Waals surface area contributed by atoms with E-state index in [0.29, 0.717) is 17.9 Å². The van der Waals surface area contributed by atoms with E-state index in [1.165, 1.54) is 0 Å². The van der Waals surface area contributed by atoms with Crippen LogP contribution in [0.1, 0.15) is 16.2 Å². The highest BCUT2D eigenvalue weighted by molar-refractivity contribution is 6.05. The molecule has 9 heteroatoms. The summed E-state index contributed by atoms with van der Waals surface area (Å²) in [6.45, 7) is 0.467. The molecule has 1 aromatic carbocycles. The first kappa shape index (κ1) is 17.4. The first-order valence-corrected chi connectivity index (χ1v) is 7.76. The Morgan fingerprint density at radius 2 is 2.12 bits per heavy atom. The molecule has 0 saturated carbocycles. The number of imidazole rings is 1. The number of aromatic nitrogens is 2. The van der Waals surface area contributed by atoms with Crippen molar-refractivity contribution in [1.82, 2.24) is 14.3 Å². The summed E-state index contributed by atoms with van der Waals surface area (Å²) >= 11 is 0. The van der Waals surface area contributed by atoms with E-state index in [4.69, 9.17) is 0 Å². The molecule has 2 N–H and O–H groups in total. The van der Waals surface area contributed by atoms with Gasteiger partial charge in [-0.15, -0.1) is 0 Å². The van der Waals surface area contributed by atoms with E-state index in [0.717, 1.165) is 18.2 Å². The van der Waals surface area contributed by atoms with Crippen molar-refractivity contribution in [2.75, 3.05) is 19.4 Å². The molecule has 0 unspecified atom stereocenters. The van der Waals surface area contributed by atoms with E-state index in [1.807, 2.05) is 41.7 Å². The average Bonchev–Trinajstić information content (AvgIpc) is 2.95. The van der Waals surface area contributed by atoms with Crippen molar-refractivity contribution in [3.05, 3.63) is 64.1 Å². The highest BCUT2D eigenvalue weighted by Crippen LogP contribution is 2.28. The van der Waals surface area contributed by atoms with Gasteiger partial charge in [0.2, 0.25) is 0 Å². The lowest BCUT2D eigenvalue weighted by atomic mass is 10.2. The van der Waals surface area contributed by atoms with Crippen molar-refractivity contribution in [2.45, 2.75) is 6.54 Å². The largest absolute Gasteiger partial charge is 0.506 e. The maximum Gasteiger partial charge on any atom is 0.276 e. The molecule has 0 aliphatic rings. The number of anilines is 1. The number of pyridine rings is 1. The van der Waals surface area contributed by atoms with Crippen LogP contribution in [0.3, 0.4) is 0 Å². The highest BCUT2D eigenvalue weighted by atomic mass is 16.6. The van der Waals surface area contributed by atoms with E-state index < -0.39 is 10.8 Å². The van der Waals surface area contributed by atoms with E-state index in [9.17, 15) is 20.0 Å². The number of phenolic OH excluding ortho intramolecular Hbond substituents is 1. The second-order valence-electron chi connectivity index (χ2n) is 5.99. The van der Waals surface area contributed by atoms with Crippen LogP contribution in [-0.2, 0) is 6.54 Å². The zero-order valence-corrected chi connectivity index (χ0v) is 14.2. The van der Waals surface area contributed by atoms with Gasteiger partial charge in [0.05, 0.1) is 16.3 Å². The number of carbonyl (C=O) groups is 1.